The lowest BCUT2D eigenvalue weighted by molar-refractivity contribution is -0.137. The Morgan fingerprint density at radius 1 is 1.18 bits per heavy atom. The molecule has 2 amide bonds. The normalized spacial score (nSPS) is 15.3. The van der Waals surface area contributed by atoms with E-state index in [4.69, 9.17) is 10.5 Å². The number of anilines is 3. The van der Waals surface area contributed by atoms with Gasteiger partial charge in [0, 0.05) is 43.0 Å². The Hall–Kier alpha value is -4.32. The van der Waals surface area contributed by atoms with E-state index in [1.165, 1.54) is 30.2 Å². The quantitative estimate of drug-likeness (QED) is 0.350. The third-order valence-electron chi connectivity index (χ3n) is 6.12. The Morgan fingerprint density at radius 2 is 1.95 bits per heavy atom. The largest absolute Gasteiger partial charge is 0.495 e. The van der Waals surface area contributed by atoms with E-state index in [1.54, 1.807) is 30.3 Å². The lowest BCUT2D eigenvalue weighted by atomic mass is 10.1. The number of nitrogens with one attached hydrogen (secondary N) is 2. The Kier molecular flexibility index (Phi) is 7.72. The number of carbonyl (C=O) groups excluding carboxylic acids is 2. The van der Waals surface area contributed by atoms with Crippen LogP contribution in [0.3, 0.4) is 0 Å². The molecule has 1 aliphatic heterocycles. The van der Waals surface area contributed by atoms with E-state index in [0.29, 0.717) is 36.0 Å². The Bertz CT molecular complexity index is 1350. The topological polar surface area (TPSA) is 130 Å². The van der Waals surface area contributed by atoms with Crippen molar-refractivity contribution >= 4 is 29.0 Å². The predicted octanol–water partition coefficient (Wildman–Crippen LogP) is 3.77. The number of likely N-dealkylation sites (tertiary alicyclic amines) is 1. The van der Waals surface area contributed by atoms with Crippen LogP contribution in [0.25, 0.3) is 0 Å². The number of hydrogen-bond donors (Lipinski definition) is 4. The molecular weight excluding hydrogens is 503 g/mol. The molecule has 4 rings (SSSR count). The van der Waals surface area contributed by atoms with Crippen molar-refractivity contribution in [1.82, 2.24) is 9.88 Å². The molecule has 5 N–H and O–H groups in total. The maximum absolute atomic E-state index is 13.7. The summed E-state index contributed by atoms with van der Waals surface area (Å²) in [5.41, 5.74) is 5.49. The highest BCUT2D eigenvalue weighted by Crippen LogP contribution is 2.37. The van der Waals surface area contributed by atoms with Gasteiger partial charge in [0.2, 0.25) is 5.91 Å². The number of pyridine rings is 1. The van der Waals surface area contributed by atoms with E-state index < -0.39 is 23.8 Å². The fraction of sp³-hybridized carbons (Fsp3) is 0.269. The fourth-order valence-electron chi connectivity index (χ4n) is 4.18. The van der Waals surface area contributed by atoms with Crippen LogP contribution in [0.4, 0.5) is 30.4 Å². The van der Waals surface area contributed by atoms with Crippen LogP contribution in [0.1, 0.15) is 38.3 Å². The summed E-state index contributed by atoms with van der Waals surface area (Å²) in [5.74, 6) is -0.585. The van der Waals surface area contributed by atoms with Crippen LogP contribution in [-0.2, 0) is 12.7 Å². The van der Waals surface area contributed by atoms with Gasteiger partial charge >= 0.3 is 6.18 Å². The lowest BCUT2D eigenvalue weighted by Crippen LogP contribution is -2.29. The number of rotatable bonds is 8. The first-order valence-corrected chi connectivity index (χ1v) is 11.7. The van der Waals surface area contributed by atoms with Gasteiger partial charge < -0.3 is 31.1 Å². The average Bonchev–Trinajstić information content (AvgIpc) is 3.33. The molecule has 200 valence electrons. The van der Waals surface area contributed by atoms with Gasteiger partial charge in [0.15, 0.2) is 0 Å². The van der Waals surface area contributed by atoms with Gasteiger partial charge in [0.25, 0.3) is 5.91 Å². The van der Waals surface area contributed by atoms with E-state index in [1.807, 2.05) is 0 Å². The minimum absolute atomic E-state index is 0.0863. The number of aromatic nitrogens is 1. The molecule has 1 atom stereocenters. The van der Waals surface area contributed by atoms with Crippen LogP contribution < -0.4 is 21.1 Å². The molecule has 0 aliphatic carbocycles. The maximum Gasteiger partial charge on any atom is 0.419 e. The molecule has 0 bridgehead atoms. The number of primary amides is 1. The third-order valence-corrected chi connectivity index (χ3v) is 6.12. The number of methoxy groups -OCH3 is 1. The first-order chi connectivity index (χ1) is 18.1. The summed E-state index contributed by atoms with van der Waals surface area (Å²) in [6.07, 6.45) is -4.03. The van der Waals surface area contributed by atoms with Crippen molar-refractivity contribution in [2.75, 3.05) is 30.8 Å². The number of halogens is 3. The molecular formula is C26H26F3N5O4. The molecule has 9 nitrogen and oxygen atoms in total. The van der Waals surface area contributed by atoms with Gasteiger partial charge in [-0.15, -0.1) is 0 Å². The van der Waals surface area contributed by atoms with Crippen molar-refractivity contribution in [2.24, 2.45) is 5.73 Å². The third kappa shape index (κ3) is 5.97. The molecule has 1 saturated heterocycles. The Balaban J connectivity index is 1.58. The Labute approximate surface area is 216 Å². The van der Waals surface area contributed by atoms with Crippen molar-refractivity contribution < 1.29 is 32.6 Å². The molecule has 2 heterocycles. The molecule has 0 saturated carbocycles. The van der Waals surface area contributed by atoms with Gasteiger partial charge in [0.05, 0.1) is 30.2 Å². The minimum Gasteiger partial charge on any atom is -0.495 e. The zero-order valence-corrected chi connectivity index (χ0v) is 20.4. The van der Waals surface area contributed by atoms with Crippen LogP contribution in [-0.4, -0.2) is 53.1 Å². The van der Waals surface area contributed by atoms with Crippen LogP contribution >= 0.6 is 0 Å². The smallest absolute Gasteiger partial charge is 0.419 e. The summed E-state index contributed by atoms with van der Waals surface area (Å²) in [6, 6.07) is 12.2. The highest BCUT2D eigenvalue weighted by molar-refractivity contribution is 5.96. The van der Waals surface area contributed by atoms with E-state index in [2.05, 4.69) is 15.6 Å². The van der Waals surface area contributed by atoms with Crippen molar-refractivity contribution in [1.29, 1.82) is 0 Å². The van der Waals surface area contributed by atoms with Gasteiger partial charge in [-0.05, 0) is 36.2 Å². The first kappa shape index (κ1) is 26.7. The van der Waals surface area contributed by atoms with Crippen molar-refractivity contribution in [2.45, 2.75) is 25.2 Å². The number of nitrogens with zero attached hydrogens (tertiary/aromatic N) is 2. The highest BCUT2D eigenvalue weighted by atomic mass is 19.4. The molecule has 2 aromatic carbocycles. The minimum atomic E-state index is -4.68. The lowest BCUT2D eigenvalue weighted by Gasteiger charge is -2.19. The number of hydrogen-bond acceptors (Lipinski definition) is 7. The van der Waals surface area contributed by atoms with Crippen molar-refractivity contribution in [3.63, 3.8) is 0 Å². The summed E-state index contributed by atoms with van der Waals surface area (Å²) < 4.78 is 46.4. The van der Waals surface area contributed by atoms with E-state index in [-0.39, 0.29) is 41.8 Å². The predicted molar refractivity (Wildman–Crippen MR) is 134 cm³/mol. The Morgan fingerprint density at radius 3 is 2.61 bits per heavy atom. The molecule has 3 aromatic rings. The molecule has 0 spiro atoms. The van der Waals surface area contributed by atoms with Crippen molar-refractivity contribution in [3.05, 3.63) is 77.0 Å². The molecule has 1 aliphatic rings. The van der Waals surface area contributed by atoms with E-state index >= 15 is 0 Å². The number of benzene rings is 2. The summed E-state index contributed by atoms with van der Waals surface area (Å²) in [7, 11) is 1.40. The molecule has 0 radical (unpaired) electrons. The second-order valence-corrected chi connectivity index (χ2v) is 8.72. The van der Waals surface area contributed by atoms with Gasteiger partial charge in [-0.25, -0.2) is 4.98 Å². The molecule has 12 heteroatoms. The number of ether oxygens (including phenoxy) is 1. The number of carbonyl (C=O) groups is 2. The van der Waals surface area contributed by atoms with Crippen molar-refractivity contribution in [3.8, 4) is 5.75 Å². The fourth-order valence-corrected chi connectivity index (χ4v) is 4.18. The van der Waals surface area contributed by atoms with Crippen LogP contribution in [0.15, 0.2) is 54.7 Å². The zero-order chi connectivity index (χ0) is 27.4. The number of β-amino-alcohol motifs (C(OH)–C–C–N with tert-alkyl or cyclic N) is 1. The number of aliphatic hydroxyl groups is 1. The number of alkyl halides is 3. The highest BCUT2D eigenvalue weighted by Gasteiger charge is 2.34. The zero-order valence-electron chi connectivity index (χ0n) is 20.4. The molecule has 1 aromatic heterocycles. The number of aliphatic hydroxyl groups excluding tert-OH is 1. The monoisotopic (exact) mass is 529 g/mol. The van der Waals surface area contributed by atoms with Crippen LogP contribution in [0, 0.1) is 0 Å². The molecule has 38 heavy (non-hydrogen) atoms. The summed E-state index contributed by atoms with van der Waals surface area (Å²) in [4.78, 5) is 29.9. The SMILES string of the molecule is COc1cc(C(=O)N2CCC(O)C2)ccc1Nc1cc(NCc2ccccc2C(N)=O)c(C(F)(F)F)cn1. The number of amides is 2. The summed E-state index contributed by atoms with van der Waals surface area (Å²) >= 11 is 0. The van der Waals surface area contributed by atoms with Gasteiger partial charge in [0.1, 0.15) is 11.6 Å². The average molecular weight is 530 g/mol. The van der Waals surface area contributed by atoms with Gasteiger partial charge in [-0.2, -0.15) is 13.2 Å². The van der Waals surface area contributed by atoms with E-state index in [9.17, 15) is 27.9 Å². The van der Waals surface area contributed by atoms with Gasteiger partial charge in [-0.1, -0.05) is 18.2 Å². The standard InChI is InChI=1S/C26H26F3N5O4/c1-38-22-10-15(25(37)34-9-8-17(35)14-34)6-7-20(22)33-23-11-21(19(13-32-23)26(27,28)29)31-12-16-4-2-3-5-18(16)24(30)36/h2-7,10-11,13,17,35H,8-9,12,14H2,1H3,(H2,30,36)(H2,31,32,33). The molecule has 1 fully saturated rings. The number of nitrogens with two attached hydrogens (primary N) is 1. The van der Waals surface area contributed by atoms with Crippen LogP contribution in [0.2, 0.25) is 0 Å². The second-order valence-electron chi connectivity index (χ2n) is 8.72. The maximum atomic E-state index is 13.7. The molecule has 1 unspecified atom stereocenters. The van der Waals surface area contributed by atoms with Gasteiger partial charge in [-0.3, -0.25) is 9.59 Å². The van der Waals surface area contributed by atoms with E-state index in [0.717, 1.165) is 0 Å². The summed E-state index contributed by atoms with van der Waals surface area (Å²) in [5, 5.41) is 15.4. The first-order valence-electron chi connectivity index (χ1n) is 11.7. The summed E-state index contributed by atoms with van der Waals surface area (Å²) in [6.45, 7) is 0.602. The second kappa shape index (κ2) is 11.0. The van der Waals surface area contributed by atoms with Crippen LogP contribution in [0.5, 0.6) is 5.75 Å².